The van der Waals surface area contributed by atoms with E-state index in [-0.39, 0.29) is 5.43 Å². The standard InChI is InChI=1S/C14H7Cl2NO2/c15-10-3-1-2-9-11(18)6-12(19-14(9)10)8-4-5-13(16)17-7-8/h1-7H. The Morgan fingerprint density at radius 2 is 1.95 bits per heavy atom. The van der Waals surface area contributed by atoms with Crippen LogP contribution in [0.5, 0.6) is 0 Å². The SMILES string of the molecule is O=c1cc(-c2ccc(Cl)nc2)oc2c(Cl)cccc12. The Morgan fingerprint density at radius 3 is 2.68 bits per heavy atom. The van der Waals surface area contributed by atoms with Crippen LogP contribution in [0.1, 0.15) is 0 Å². The maximum atomic E-state index is 12.0. The Hall–Kier alpha value is -1.84. The van der Waals surface area contributed by atoms with Gasteiger partial charge in [0, 0.05) is 17.8 Å². The van der Waals surface area contributed by atoms with Crippen LogP contribution in [0.3, 0.4) is 0 Å². The van der Waals surface area contributed by atoms with Crippen LogP contribution in [-0.2, 0) is 0 Å². The Bertz CT molecular complexity index is 810. The van der Waals surface area contributed by atoms with Crippen molar-refractivity contribution in [2.24, 2.45) is 0 Å². The molecule has 0 amide bonds. The number of hydrogen-bond donors (Lipinski definition) is 0. The molecule has 0 aliphatic heterocycles. The molecule has 94 valence electrons. The molecule has 0 fully saturated rings. The molecule has 5 heteroatoms. The molecule has 0 radical (unpaired) electrons. The number of pyridine rings is 1. The zero-order valence-corrected chi connectivity index (χ0v) is 11.1. The monoisotopic (exact) mass is 291 g/mol. The molecule has 0 spiro atoms. The van der Waals surface area contributed by atoms with Crippen LogP contribution >= 0.6 is 23.2 Å². The number of nitrogens with zero attached hydrogens (tertiary/aromatic N) is 1. The number of aromatic nitrogens is 1. The fraction of sp³-hybridized carbons (Fsp3) is 0. The number of hydrogen-bond acceptors (Lipinski definition) is 3. The minimum atomic E-state index is -0.145. The maximum Gasteiger partial charge on any atom is 0.193 e. The van der Waals surface area contributed by atoms with E-state index < -0.39 is 0 Å². The number of halogens is 2. The second-order valence-corrected chi connectivity index (χ2v) is 4.76. The molecular weight excluding hydrogens is 285 g/mol. The third kappa shape index (κ3) is 2.23. The molecule has 0 aliphatic rings. The molecule has 0 atom stereocenters. The summed E-state index contributed by atoms with van der Waals surface area (Å²) >= 11 is 11.8. The number of benzene rings is 1. The largest absolute Gasteiger partial charge is 0.454 e. The van der Waals surface area contributed by atoms with Crippen molar-refractivity contribution in [3.63, 3.8) is 0 Å². The highest BCUT2D eigenvalue weighted by Gasteiger charge is 2.09. The van der Waals surface area contributed by atoms with E-state index in [1.165, 1.54) is 6.07 Å². The molecule has 0 aliphatic carbocycles. The lowest BCUT2D eigenvalue weighted by Gasteiger charge is -2.04. The summed E-state index contributed by atoms with van der Waals surface area (Å²) in [6, 6.07) is 9.85. The molecule has 3 nitrogen and oxygen atoms in total. The summed E-state index contributed by atoms with van der Waals surface area (Å²) in [4.78, 5) is 16.0. The first-order valence-electron chi connectivity index (χ1n) is 5.49. The van der Waals surface area contributed by atoms with Gasteiger partial charge in [0.1, 0.15) is 10.9 Å². The molecule has 0 N–H and O–H groups in total. The molecule has 0 saturated carbocycles. The molecule has 19 heavy (non-hydrogen) atoms. The van der Waals surface area contributed by atoms with Gasteiger partial charge in [-0.05, 0) is 24.3 Å². The minimum absolute atomic E-state index is 0.145. The van der Waals surface area contributed by atoms with E-state index in [0.29, 0.717) is 32.5 Å². The predicted octanol–water partition coefficient (Wildman–Crippen LogP) is 4.16. The first-order valence-corrected chi connectivity index (χ1v) is 6.25. The highest BCUT2D eigenvalue weighted by atomic mass is 35.5. The minimum Gasteiger partial charge on any atom is -0.454 e. The van der Waals surface area contributed by atoms with Crippen LogP contribution < -0.4 is 5.43 Å². The van der Waals surface area contributed by atoms with Gasteiger partial charge in [0.05, 0.1) is 10.4 Å². The highest BCUT2D eigenvalue weighted by molar-refractivity contribution is 6.34. The number of fused-ring (bicyclic) bond motifs is 1. The second kappa shape index (κ2) is 4.68. The summed E-state index contributed by atoms with van der Waals surface area (Å²) in [5.74, 6) is 0.412. The van der Waals surface area contributed by atoms with Gasteiger partial charge in [0.2, 0.25) is 0 Å². The molecule has 0 bridgehead atoms. The second-order valence-electron chi connectivity index (χ2n) is 3.96. The molecule has 2 heterocycles. The molecule has 0 saturated heterocycles. The normalized spacial score (nSPS) is 10.8. The fourth-order valence-corrected chi connectivity index (χ4v) is 2.13. The van der Waals surface area contributed by atoms with E-state index in [1.54, 1.807) is 36.5 Å². The Morgan fingerprint density at radius 1 is 1.11 bits per heavy atom. The van der Waals surface area contributed by atoms with Crippen LogP contribution in [0, 0.1) is 0 Å². The summed E-state index contributed by atoms with van der Waals surface area (Å²) in [5, 5.41) is 1.24. The van der Waals surface area contributed by atoms with E-state index in [1.807, 2.05) is 0 Å². The van der Waals surface area contributed by atoms with E-state index in [9.17, 15) is 4.79 Å². The zero-order chi connectivity index (χ0) is 13.4. The topological polar surface area (TPSA) is 43.1 Å². The Kier molecular flexibility index (Phi) is 3.01. The highest BCUT2D eigenvalue weighted by Crippen LogP contribution is 2.26. The van der Waals surface area contributed by atoms with E-state index >= 15 is 0 Å². The van der Waals surface area contributed by atoms with Gasteiger partial charge < -0.3 is 4.42 Å². The van der Waals surface area contributed by atoms with Crippen molar-refractivity contribution in [1.82, 2.24) is 4.98 Å². The molecule has 0 unspecified atom stereocenters. The molecule has 1 aromatic carbocycles. The maximum absolute atomic E-state index is 12.0. The van der Waals surface area contributed by atoms with Crippen LogP contribution in [0.15, 0.2) is 51.8 Å². The van der Waals surface area contributed by atoms with Gasteiger partial charge in [-0.3, -0.25) is 4.79 Å². The number of para-hydroxylation sites is 1. The van der Waals surface area contributed by atoms with Gasteiger partial charge in [0.25, 0.3) is 0 Å². The first kappa shape index (κ1) is 12.2. The third-order valence-corrected chi connectivity index (χ3v) is 3.24. The van der Waals surface area contributed by atoms with Crippen molar-refractivity contribution in [3.8, 4) is 11.3 Å². The summed E-state index contributed by atoms with van der Waals surface area (Å²) in [6.45, 7) is 0. The molecular formula is C14H7Cl2NO2. The van der Waals surface area contributed by atoms with Gasteiger partial charge in [-0.15, -0.1) is 0 Å². The van der Waals surface area contributed by atoms with E-state index in [0.717, 1.165) is 0 Å². The van der Waals surface area contributed by atoms with Crippen molar-refractivity contribution in [3.05, 3.63) is 63.0 Å². The summed E-state index contributed by atoms with van der Waals surface area (Å²) in [5.41, 5.74) is 0.902. The quantitative estimate of drug-likeness (QED) is 0.632. The van der Waals surface area contributed by atoms with Crippen molar-refractivity contribution >= 4 is 34.2 Å². The van der Waals surface area contributed by atoms with Gasteiger partial charge in [0.15, 0.2) is 11.0 Å². The van der Waals surface area contributed by atoms with Gasteiger partial charge >= 0.3 is 0 Å². The summed E-state index contributed by atoms with van der Waals surface area (Å²) in [6.07, 6.45) is 1.54. The predicted molar refractivity (Wildman–Crippen MR) is 75.7 cm³/mol. The van der Waals surface area contributed by atoms with Gasteiger partial charge in [-0.2, -0.15) is 0 Å². The smallest absolute Gasteiger partial charge is 0.193 e. The lowest BCUT2D eigenvalue weighted by atomic mass is 10.1. The summed E-state index contributed by atoms with van der Waals surface area (Å²) in [7, 11) is 0. The van der Waals surface area contributed by atoms with Crippen LogP contribution in [0.2, 0.25) is 10.2 Å². The van der Waals surface area contributed by atoms with Crippen molar-refractivity contribution < 1.29 is 4.42 Å². The van der Waals surface area contributed by atoms with Crippen molar-refractivity contribution in [1.29, 1.82) is 0 Å². The number of rotatable bonds is 1. The van der Waals surface area contributed by atoms with Crippen LogP contribution in [0.4, 0.5) is 0 Å². The van der Waals surface area contributed by atoms with Crippen LogP contribution in [0.25, 0.3) is 22.3 Å². The van der Waals surface area contributed by atoms with Gasteiger partial charge in [-0.25, -0.2) is 4.98 Å². The summed E-state index contributed by atoms with van der Waals surface area (Å²) < 4.78 is 5.68. The molecule has 2 aromatic heterocycles. The van der Waals surface area contributed by atoms with Gasteiger partial charge in [-0.1, -0.05) is 29.3 Å². The lowest BCUT2D eigenvalue weighted by Crippen LogP contribution is -2.00. The average molecular weight is 292 g/mol. The van der Waals surface area contributed by atoms with Crippen molar-refractivity contribution in [2.45, 2.75) is 0 Å². The molecule has 3 rings (SSSR count). The lowest BCUT2D eigenvalue weighted by molar-refractivity contribution is 0.618. The molecule has 3 aromatic rings. The Labute approximate surface area is 118 Å². The fourth-order valence-electron chi connectivity index (χ4n) is 1.81. The average Bonchev–Trinajstić information content (AvgIpc) is 2.41. The zero-order valence-electron chi connectivity index (χ0n) is 9.56. The van der Waals surface area contributed by atoms with E-state index in [2.05, 4.69) is 4.98 Å². The van der Waals surface area contributed by atoms with Crippen molar-refractivity contribution in [2.75, 3.05) is 0 Å². The Balaban J connectivity index is 2.29. The van der Waals surface area contributed by atoms with Crippen LogP contribution in [-0.4, -0.2) is 4.98 Å². The first-order chi connectivity index (χ1) is 9.15. The van der Waals surface area contributed by atoms with E-state index in [4.69, 9.17) is 27.6 Å². The third-order valence-electron chi connectivity index (χ3n) is 2.72.